The molecule has 0 fully saturated rings. The molecule has 0 aliphatic carbocycles. The van der Waals surface area contributed by atoms with Crippen LogP contribution in [0.25, 0.3) is 0 Å². The zero-order valence-corrected chi connectivity index (χ0v) is 9.54. The van der Waals surface area contributed by atoms with Crippen molar-refractivity contribution in [1.82, 2.24) is 10.3 Å². The number of nitrogens with one attached hydrogen (secondary N) is 1. The Morgan fingerprint density at radius 2 is 2.33 bits per heavy atom. The molecule has 1 atom stereocenters. The zero-order valence-electron chi connectivity index (χ0n) is 7.95. The molecule has 0 aromatic carbocycles. The van der Waals surface area contributed by atoms with Crippen molar-refractivity contribution in [3.63, 3.8) is 0 Å². The molecule has 15 heavy (non-hydrogen) atoms. The first-order chi connectivity index (χ1) is 7.15. The molecule has 84 valence electrons. The topological polar surface area (TPSA) is 65.4 Å². The van der Waals surface area contributed by atoms with Gasteiger partial charge >= 0.3 is 0 Å². The average Bonchev–Trinajstić information content (AvgIpc) is 2.17. The summed E-state index contributed by atoms with van der Waals surface area (Å²) in [4.78, 5) is 3.78. The molecule has 1 heterocycles. The molecule has 6 heteroatoms. The van der Waals surface area contributed by atoms with Gasteiger partial charge in [0.2, 0.25) is 0 Å². The van der Waals surface area contributed by atoms with E-state index in [4.69, 9.17) is 5.11 Å². The molecule has 1 aromatic rings. The third kappa shape index (κ3) is 3.83. The number of hydrogen-bond acceptors (Lipinski definition) is 4. The van der Waals surface area contributed by atoms with E-state index in [0.717, 1.165) is 0 Å². The summed E-state index contributed by atoms with van der Waals surface area (Å²) in [6.45, 7) is 0.490. The fourth-order valence-corrected chi connectivity index (χ4v) is 1.39. The normalized spacial score (nSPS) is 12.8. The molecule has 1 rings (SSSR count). The predicted octanol–water partition coefficient (Wildman–Crippen LogP) is 0.599. The number of aliphatic hydroxyl groups is 2. The molecule has 0 saturated carbocycles. The van der Waals surface area contributed by atoms with Crippen molar-refractivity contribution in [3.05, 3.63) is 28.2 Å². The third-order valence-corrected chi connectivity index (χ3v) is 2.21. The molecular weight excluding hydrogens is 267 g/mol. The van der Waals surface area contributed by atoms with E-state index in [1.807, 2.05) is 0 Å². The van der Waals surface area contributed by atoms with Crippen molar-refractivity contribution in [2.75, 3.05) is 19.7 Å². The number of rotatable bonds is 5. The second-order valence-electron chi connectivity index (χ2n) is 2.96. The van der Waals surface area contributed by atoms with Crippen LogP contribution in [0.15, 0.2) is 16.7 Å². The standard InChI is InChI=1S/C9H12BrFN2O2/c10-6-3-7(11)9(13-4-6)8(15)5-12-1-2-14/h3-4,8,12,14-15H,1-2,5H2/t8-/m0/s1. The molecule has 0 aliphatic rings. The van der Waals surface area contributed by atoms with Gasteiger partial charge in [-0.25, -0.2) is 4.39 Å². The molecule has 0 unspecified atom stereocenters. The summed E-state index contributed by atoms with van der Waals surface area (Å²) in [5, 5.41) is 20.8. The summed E-state index contributed by atoms with van der Waals surface area (Å²) >= 11 is 3.08. The number of hydrogen-bond donors (Lipinski definition) is 3. The van der Waals surface area contributed by atoms with E-state index < -0.39 is 11.9 Å². The Labute approximate surface area is 95.3 Å². The monoisotopic (exact) mass is 278 g/mol. The summed E-state index contributed by atoms with van der Waals surface area (Å²) in [7, 11) is 0. The van der Waals surface area contributed by atoms with Gasteiger partial charge in [0, 0.05) is 23.8 Å². The second kappa shape index (κ2) is 6.12. The van der Waals surface area contributed by atoms with E-state index in [1.165, 1.54) is 12.3 Å². The highest BCUT2D eigenvalue weighted by Crippen LogP contribution is 2.17. The molecule has 3 N–H and O–H groups in total. The van der Waals surface area contributed by atoms with Crippen LogP contribution >= 0.6 is 15.9 Å². The molecular formula is C9H12BrFN2O2. The van der Waals surface area contributed by atoms with Crippen LogP contribution in [0.5, 0.6) is 0 Å². The maximum Gasteiger partial charge on any atom is 0.148 e. The molecule has 0 radical (unpaired) electrons. The maximum absolute atomic E-state index is 13.3. The molecule has 0 saturated heterocycles. The lowest BCUT2D eigenvalue weighted by Crippen LogP contribution is -2.25. The highest BCUT2D eigenvalue weighted by atomic mass is 79.9. The number of aromatic nitrogens is 1. The second-order valence-corrected chi connectivity index (χ2v) is 3.88. The quantitative estimate of drug-likeness (QED) is 0.691. The largest absolute Gasteiger partial charge is 0.395 e. The van der Waals surface area contributed by atoms with Gasteiger partial charge in [0.05, 0.1) is 6.61 Å². The molecule has 1 aromatic heterocycles. The smallest absolute Gasteiger partial charge is 0.148 e. The van der Waals surface area contributed by atoms with Gasteiger partial charge in [-0.3, -0.25) is 4.98 Å². The summed E-state index contributed by atoms with van der Waals surface area (Å²) in [6.07, 6.45) is 0.415. The van der Waals surface area contributed by atoms with Gasteiger partial charge in [-0.15, -0.1) is 0 Å². The number of pyridine rings is 1. The minimum Gasteiger partial charge on any atom is -0.395 e. The van der Waals surface area contributed by atoms with Crippen LogP contribution in [0.3, 0.4) is 0 Å². The van der Waals surface area contributed by atoms with E-state index in [9.17, 15) is 9.50 Å². The van der Waals surface area contributed by atoms with Crippen LogP contribution < -0.4 is 5.32 Å². The number of halogens is 2. The average molecular weight is 279 g/mol. The van der Waals surface area contributed by atoms with Crippen molar-refractivity contribution < 1.29 is 14.6 Å². The van der Waals surface area contributed by atoms with Gasteiger partial charge in [-0.1, -0.05) is 0 Å². The number of aliphatic hydroxyl groups excluding tert-OH is 2. The summed E-state index contributed by atoms with van der Waals surface area (Å²) < 4.78 is 13.8. The minimum absolute atomic E-state index is 0.00337. The predicted molar refractivity (Wildman–Crippen MR) is 56.8 cm³/mol. The van der Waals surface area contributed by atoms with Crippen LogP contribution in [0.2, 0.25) is 0 Å². The first kappa shape index (κ1) is 12.5. The summed E-state index contributed by atoms with van der Waals surface area (Å²) in [6, 6.07) is 1.25. The molecule has 0 bridgehead atoms. The van der Waals surface area contributed by atoms with Gasteiger partial charge in [-0.2, -0.15) is 0 Å². The van der Waals surface area contributed by atoms with Crippen LogP contribution in [0, 0.1) is 5.82 Å². The van der Waals surface area contributed by atoms with Gasteiger partial charge in [0.1, 0.15) is 17.6 Å². The summed E-state index contributed by atoms with van der Waals surface area (Å²) in [5.74, 6) is -0.553. The SMILES string of the molecule is OCCNC[C@H](O)c1ncc(Br)cc1F. The molecule has 0 spiro atoms. The molecule has 0 aliphatic heterocycles. The highest BCUT2D eigenvalue weighted by molar-refractivity contribution is 9.10. The van der Waals surface area contributed by atoms with Crippen molar-refractivity contribution in [3.8, 4) is 0 Å². The number of nitrogens with zero attached hydrogens (tertiary/aromatic N) is 1. The van der Waals surface area contributed by atoms with Crippen LogP contribution in [0.4, 0.5) is 4.39 Å². The fraction of sp³-hybridized carbons (Fsp3) is 0.444. The summed E-state index contributed by atoms with van der Waals surface area (Å²) in [5.41, 5.74) is 0.00337. The van der Waals surface area contributed by atoms with Gasteiger partial charge in [-0.05, 0) is 22.0 Å². The Bertz CT molecular complexity index is 325. The first-order valence-corrected chi connectivity index (χ1v) is 5.25. The van der Waals surface area contributed by atoms with Crippen molar-refractivity contribution >= 4 is 15.9 Å². The van der Waals surface area contributed by atoms with E-state index in [-0.39, 0.29) is 18.8 Å². The fourth-order valence-electron chi connectivity index (χ4n) is 1.08. The van der Waals surface area contributed by atoms with Crippen LogP contribution in [-0.4, -0.2) is 34.9 Å². The maximum atomic E-state index is 13.3. The Kier molecular flexibility index (Phi) is 5.10. The Morgan fingerprint density at radius 1 is 1.60 bits per heavy atom. The van der Waals surface area contributed by atoms with Crippen LogP contribution in [-0.2, 0) is 0 Å². The Balaban J connectivity index is 2.61. The molecule has 4 nitrogen and oxygen atoms in total. The Hall–Kier alpha value is -0.560. The van der Waals surface area contributed by atoms with Crippen molar-refractivity contribution in [2.45, 2.75) is 6.10 Å². The van der Waals surface area contributed by atoms with E-state index in [2.05, 4.69) is 26.2 Å². The first-order valence-electron chi connectivity index (χ1n) is 4.45. The molecule has 0 amide bonds. The lowest BCUT2D eigenvalue weighted by atomic mass is 10.2. The highest BCUT2D eigenvalue weighted by Gasteiger charge is 2.14. The van der Waals surface area contributed by atoms with Gasteiger partial charge < -0.3 is 15.5 Å². The minimum atomic E-state index is -1.01. The van der Waals surface area contributed by atoms with Gasteiger partial charge in [0.25, 0.3) is 0 Å². The lowest BCUT2D eigenvalue weighted by Gasteiger charge is -2.11. The third-order valence-electron chi connectivity index (χ3n) is 1.78. The van der Waals surface area contributed by atoms with Crippen molar-refractivity contribution in [1.29, 1.82) is 0 Å². The lowest BCUT2D eigenvalue weighted by molar-refractivity contribution is 0.161. The van der Waals surface area contributed by atoms with Crippen molar-refractivity contribution in [2.24, 2.45) is 0 Å². The van der Waals surface area contributed by atoms with E-state index in [1.54, 1.807) is 0 Å². The zero-order chi connectivity index (χ0) is 11.3. The van der Waals surface area contributed by atoms with E-state index >= 15 is 0 Å². The van der Waals surface area contributed by atoms with Gasteiger partial charge in [0.15, 0.2) is 0 Å². The Morgan fingerprint density at radius 3 is 2.93 bits per heavy atom. The van der Waals surface area contributed by atoms with E-state index in [0.29, 0.717) is 11.0 Å². The van der Waals surface area contributed by atoms with Crippen LogP contribution in [0.1, 0.15) is 11.8 Å².